The Morgan fingerprint density at radius 2 is 1.88 bits per heavy atom. The lowest BCUT2D eigenvalue weighted by molar-refractivity contribution is 0.982. The van der Waals surface area contributed by atoms with Gasteiger partial charge in [-0.1, -0.05) is 17.7 Å². The minimum absolute atomic E-state index is 0.360. The Balaban J connectivity index is 1.78. The van der Waals surface area contributed by atoms with Gasteiger partial charge in [0.15, 0.2) is 5.82 Å². The van der Waals surface area contributed by atoms with Gasteiger partial charge in [0.1, 0.15) is 0 Å². The SMILES string of the molecule is Cc1c(Cl)cccc1Nc1nncc(Nc2ccc(C#N)cc2)n1. The van der Waals surface area contributed by atoms with Crippen molar-refractivity contribution in [3.63, 3.8) is 0 Å². The first-order valence-corrected chi connectivity index (χ1v) is 7.52. The zero-order valence-electron chi connectivity index (χ0n) is 12.8. The third-order valence-electron chi connectivity index (χ3n) is 3.36. The van der Waals surface area contributed by atoms with Crippen LogP contribution in [0.25, 0.3) is 0 Å². The summed E-state index contributed by atoms with van der Waals surface area (Å²) in [7, 11) is 0. The molecule has 0 unspecified atom stereocenters. The number of rotatable bonds is 4. The van der Waals surface area contributed by atoms with Crippen molar-refractivity contribution in [3.8, 4) is 6.07 Å². The van der Waals surface area contributed by atoms with E-state index in [1.165, 1.54) is 6.20 Å². The van der Waals surface area contributed by atoms with Crippen LogP contribution in [0.1, 0.15) is 11.1 Å². The maximum atomic E-state index is 8.82. The van der Waals surface area contributed by atoms with Gasteiger partial charge in [-0.3, -0.25) is 0 Å². The second-order valence-corrected chi connectivity index (χ2v) is 5.42. The van der Waals surface area contributed by atoms with Crippen LogP contribution in [0.3, 0.4) is 0 Å². The molecule has 0 aliphatic rings. The fourth-order valence-corrected chi connectivity index (χ4v) is 2.23. The topological polar surface area (TPSA) is 86.5 Å². The van der Waals surface area contributed by atoms with Crippen molar-refractivity contribution in [2.24, 2.45) is 0 Å². The molecule has 0 fully saturated rings. The Morgan fingerprint density at radius 3 is 2.62 bits per heavy atom. The number of anilines is 4. The largest absolute Gasteiger partial charge is 0.339 e. The summed E-state index contributed by atoms with van der Waals surface area (Å²) < 4.78 is 0. The molecular weight excluding hydrogens is 324 g/mol. The first-order chi connectivity index (χ1) is 11.7. The van der Waals surface area contributed by atoms with Crippen LogP contribution in [0, 0.1) is 18.3 Å². The number of hydrogen-bond acceptors (Lipinski definition) is 6. The summed E-state index contributed by atoms with van der Waals surface area (Å²) in [5.41, 5.74) is 3.13. The fourth-order valence-electron chi connectivity index (χ4n) is 2.06. The minimum Gasteiger partial charge on any atom is -0.339 e. The normalized spacial score (nSPS) is 10.0. The van der Waals surface area contributed by atoms with Gasteiger partial charge in [0.25, 0.3) is 0 Å². The quantitative estimate of drug-likeness (QED) is 0.742. The van der Waals surface area contributed by atoms with Gasteiger partial charge in [-0.2, -0.15) is 15.3 Å². The Labute approximate surface area is 144 Å². The number of aromatic nitrogens is 3. The zero-order chi connectivity index (χ0) is 16.9. The summed E-state index contributed by atoms with van der Waals surface area (Å²) in [4.78, 5) is 4.37. The van der Waals surface area contributed by atoms with Gasteiger partial charge >= 0.3 is 0 Å². The molecule has 6 nitrogen and oxygen atoms in total. The molecule has 24 heavy (non-hydrogen) atoms. The van der Waals surface area contributed by atoms with Crippen LogP contribution >= 0.6 is 11.6 Å². The van der Waals surface area contributed by atoms with Crippen molar-refractivity contribution < 1.29 is 0 Å². The molecule has 2 N–H and O–H groups in total. The molecule has 2 aromatic carbocycles. The molecule has 0 bridgehead atoms. The molecule has 0 saturated heterocycles. The van der Waals surface area contributed by atoms with Gasteiger partial charge in [0, 0.05) is 16.4 Å². The molecule has 3 aromatic rings. The van der Waals surface area contributed by atoms with Crippen LogP contribution in [-0.2, 0) is 0 Å². The lowest BCUT2D eigenvalue weighted by Gasteiger charge is -2.10. The van der Waals surface area contributed by atoms with E-state index in [9.17, 15) is 0 Å². The lowest BCUT2D eigenvalue weighted by atomic mass is 10.2. The molecule has 0 spiro atoms. The van der Waals surface area contributed by atoms with Crippen molar-refractivity contribution in [2.75, 3.05) is 10.6 Å². The van der Waals surface area contributed by atoms with E-state index < -0.39 is 0 Å². The second kappa shape index (κ2) is 6.94. The highest BCUT2D eigenvalue weighted by atomic mass is 35.5. The summed E-state index contributed by atoms with van der Waals surface area (Å²) in [5.74, 6) is 0.899. The van der Waals surface area contributed by atoms with Crippen LogP contribution < -0.4 is 10.6 Å². The van der Waals surface area contributed by atoms with Crippen molar-refractivity contribution in [1.29, 1.82) is 5.26 Å². The van der Waals surface area contributed by atoms with Crippen LogP contribution in [0.4, 0.5) is 23.1 Å². The van der Waals surface area contributed by atoms with E-state index in [-0.39, 0.29) is 0 Å². The van der Waals surface area contributed by atoms with Gasteiger partial charge in [0.05, 0.1) is 17.8 Å². The van der Waals surface area contributed by atoms with Gasteiger partial charge in [-0.05, 0) is 48.9 Å². The molecule has 7 heteroatoms. The monoisotopic (exact) mass is 336 g/mol. The summed E-state index contributed by atoms with van der Waals surface area (Å²) in [5, 5.41) is 23.6. The Hall–Kier alpha value is -3.17. The average Bonchev–Trinajstić information content (AvgIpc) is 2.60. The van der Waals surface area contributed by atoms with Crippen LogP contribution in [0.2, 0.25) is 5.02 Å². The smallest absolute Gasteiger partial charge is 0.249 e. The molecule has 1 heterocycles. The molecule has 0 aliphatic carbocycles. The summed E-state index contributed by atoms with van der Waals surface area (Å²) in [6, 6.07) is 14.7. The molecular formula is C17H13ClN6. The number of hydrogen-bond donors (Lipinski definition) is 2. The summed E-state index contributed by atoms with van der Waals surface area (Å²) in [6.07, 6.45) is 1.52. The van der Waals surface area contributed by atoms with E-state index in [2.05, 4.69) is 31.9 Å². The number of nitrogens with zero attached hydrogens (tertiary/aromatic N) is 4. The van der Waals surface area contributed by atoms with E-state index in [1.54, 1.807) is 24.3 Å². The Bertz CT molecular complexity index is 902. The molecule has 118 valence electrons. The first-order valence-electron chi connectivity index (χ1n) is 7.15. The molecule has 0 atom stereocenters. The minimum atomic E-state index is 0.360. The highest BCUT2D eigenvalue weighted by molar-refractivity contribution is 6.31. The molecule has 0 saturated carbocycles. The first kappa shape index (κ1) is 15.7. The summed E-state index contributed by atoms with van der Waals surface area (Å²) >= 11 is 6.11. The summed E-state index contributed by atoms with van der Waals surface area (Å²) in [6.45, 7) is 1.91. The third kappa shape index (κ3) is 3.59. The van der Waals surface area contributed by atoms with E-state index in [4.69, 9.17) is 16.9 Å². The number of nitriles is 1. The van der Waals surface area contributed by atoms with Gasteiger partial charge < -0.3 is 10.6 Å². The van der Waals surface area contributed by atoms with Crippen LogP contribution in [0.15, 0.2) is 48.7 Å². The predicted molar refractivity (Wildman–Crippen MR) is 93.7 cm³/mol. The molecule has 1 aromatic heterocycles. The Kier molecular flexibility index (Phi) is 4.54. The maximum Gasteiger partial charge on any atom is 0.249 e. The van der Waals surface area contributed by atoms with E-state index in [0.29, 0.717) is 22.4 Å². The Morgan fingerprint density at radius 1 is 1.08 bits per heavy atom. The van der Waals surface area contributed by atoms with Crippen molar-refractivity contribution in [3.05, 3.63) is 64.8 Å². The van der Waals surface area contributed by atoms with E-state index in [1.807, 2.05) is 25.1 Å². The van der Waals surface area contributed by atoms with Crippen molar-refractivity contribution in [2.45, 2.75) is 6.92 Å². The molecule has 0 radical (unpaired) electrons. The van der Waals surface area contributed by atoms with Crippen LogP contribution in [-0.4, -0.2) is 15.2 Å². The lowest BCUT2D eigenvalue weighted by Crippen LogP contribution is -2.03. The molecule has 0 aliphatic heterocycles. The van der Waals surface area contributed by atoms with Gasteiger partial charge in [-0.25, -0.2) is 0 Å². The number of halogens is 1. The second-order valence-electron chi connectivity index (χ2n) is 5.02. The number of benzene rings is 2. The molecule has 0 amide bonds. The van der Waals surface area contributed by atoms with Gasteiger partial charge in [-0.15, -0.1) is 5.10 Å². The van der Waals surface area contributed by atoms with E-state index in [0.717, 1.165) is 16.9 Å². The average molecular weight is 337 g/mol. The zero-order valence-corrected chi connectivity index (χ0v) is 13.5. The highest BCUT2D eigenvalue weighted by Crippen LogP contribution is 2.25. The van der Waals surface area contributed by atoms with E-state index >= 15 is 0 Å². The standard InChI is InChI=1S/C17H13ClN6/c1-11-14(18)3-2-4-15(11)22-17-23-16(10-20-24-17)21-13-7-5-12(9-19)6-8-13/h2-8,10H,1H3,(H2,21,22,23,24). The van der Waals surface area contributed by atoms with Crippen molar-refractivity contribution >= 4 is 34.7 Å². The third-order valence-corrected chi connectivity index (χ3v) is 3.77. The highest BCUT2D eigenvalue weighted by Gasteiger charge is 2.06. The number of nitrogens with one attached hydrogen (secondary N) is 2. The fraction of sp³-hybridized carbons (Fsp3) is 0.0588. The van der Waals surface area contributed by atoms with Crippen LogP contribution in [0.5, 0.6) is 0 Å². The maximum absolute atomic E-state index is 8.82. The van der Waals surface area contributed by atoms with Crippen molar-refractivity contribution in [1.82, 2.24) is 15.2 Å². The van der Waals surface area contributed by atoms with Gasteiger partial charge in [0.2, 0.25) is 5.95 Å². The molecule has 3 rings (SSSR count). The predicted octanol–water partition coefficient (Wildman–Crippen LogP) is 4.19.